The zero-order chi connectivity index (χ0) is 8.39. The highest BCUT2D eigenvalue weighted by Gasteiger charge is 2.02. The Labute approximate surface area is 82.7 Å². The molecule has 2 aromatic rings. The molecule has 0 spiro atoms. The van der Waals surface area contributed by atoms with Crippen molar-refractivity contribution in [2.75, 3.05) is 0 Å². The molecule has 0 radical (unpaired) electrons. The van der Waals surface area contributed by atoms with E-state index >= 15 is 0 Å². The summed E-state index contributed by atoms with van der Waals surface area (Å²) in [6.45, 7) is 2.00. The number of nitrogens with zero attached hydrogens (tertiary/aromatic N) is 2. The Bertz CT molecular complexity index is 352. The van der Waals surface area contributed by atoms with Crippen molar-refractivity contribution in [3.8, 4) is 0 Å². The highest BCUT2D eigenvalue weighted by atomic mass is 32.2. The van der Waals surface area contributed by atoms with Gasteiger partial charge in [0.05, 0.1) is 0 Å². The lowest BCUT2D eigenvalue weighted by Gasteiger charge is -1.87. The average Bonchev–Trinajstić information content (AvgIpc) is 2.63. The largest absolute Gasteiger partial charge is 0.238 e. The van der Waals surface area contributed by atoms with Crippen molar-refractivity contribution in [2.24, 2.45) is 0 Å². The molecule has 0 amide bonds. The van der Waals surface area contributed by atoms with E-state index in [0.29, 0.717) is 0 Å². The third kappa shape index (κ3) is 1.85. The van der Waals surface area contributed by atoms with Crippen molar-refractivity contribution >= 4 is 34.4 Å². The van der Waals surface area contributed by atoms with Gasteiger partial charge in [0.25, 0.3) is 0 Å². The minimum Gasteiger partial charge on any atom is -0.238 e. The standard InChI is InChI=1S/C7H6N2S3/c1-5-4-11-7(9-5)12-6-8-2-3-10-6/h2-4H,1H3. The minimum atomic E-state index is 1.06. The molecule has 0 bridgehead atoms. The number of aryl methyl sites for hydroxylation is 1. The van der Waals surface area contributed by atoms with Crippen LogP contribution in [-0.2, 0) is 0 Å². The molecule has 0 aliphatic carbocycles. The van der Waals surface area contributed by atoms with Crippen molar-refractivity contribution in [1.82, 2.24) is 9.97 Å². The lowest BCUT2D eigenvalue weighted by atomic mass is 10.6. The zero-order valence-electron chi connectivity index (χ0n) is 6.35. The molecule has 0 aromatic carbocycles. The van der Waals surface area contributed by atoms with Crippen LogP contribution in [0.1, 0.15) is 5.69 Å². The van der Waals surface area contributed by atoms with Gasteiger partial charge in [-0.1, -0.05) is 0 Å². The average molecular weight is 214 g/mol. The Morgan fingerprint density at radius 1 is 1.33 bits per heavy atom. The molecular weight excluding hydrogens is 208 g/mol. The summed E-state index contributed by atoms with van der Waals surface area (Å²) in [6, 6.07) is 0. The molecule has 0 saturated carbocycles. The third-order valence-corrected chi connectivity index (χ3v) is 4.12. The van der Waals surface area contributed by atoms with Gasteiger partial charge in [0.15, 0.2) is 8.68 Å². The molecule has 5 heteroatoms. The zero-order valence-corrected chi connectivity index (χ0v) is 8.80. The quantitative estimate of drug-likeness (QED) is 0.768. The maximum absolute atomic E-state index is 4.33. The normalized spacial score (nSPS) is 10.4. The summed E-state index contributed by atoms with van der Waals surface area (Å²) in [6.07, 6.45) is 1.81. The molecule has 62 valence electrons. The van der Waals surface area contributed by atoms with Gasteiger partial charge >= 0.3 is 0 Å². The molecule has 2 heterocycles. The van der Waals surface area contributed by atoms with Gasteiger partial charge in [0, 0.05) is 22.7 Å². The third-order valence-electron chi connectivity index (χ3n) is 1.18. The monoisotopic (exact) mass is 214 g/mol. The van der Waals surface area contributed by atoms with Gasteiger partial charge in [0.2, 0.25) is 0 Å². The molecule has 12 heavy (non-hydrogen) atoms. The molecular formula is C7H6N2S3. The van der Waals surface area contributed by atoms with Crippen LogP contribution in [0.3, 0.4) is 0 Å². The summed E-state index contributed by atoms with van der Waals surface area (Å²) in [5.74, 6) is 0. The van der Waals surface area contributed by atoms with E-state index in [-0.39, 0.29) is 0 Å². The predicted octanol–water partition coefficient (Wildman–Crippen LogP) is 3.06. The van der Waals surface area contributed by atoms with E-state index in [4.69, 9.17) is 0 Å². The van der Waals surface area contributed by atoms with Gasteiger partial charge in [-0.3, -0.25) is 0 Å². The van der Waals surface area contributed by atoms with Crippen LogP contribution in [0, 0.1) is 6.92 Å². The highest BCUT2D eigenvalue weighted by Crippen LogP contribution is 2.31. The lowest BCUT2D eigenvalue weighted by molar-refractivity contribution is 1.15. The number of hydrogen-bond acceptors (Lipinski definition) is 5. The van der Waals surface area contributed by atoms with E-state index in [1.807, 2.05) is 18.5 Å². The molecule has 0 saturated heterocycles. The highest BCUT2D eigenvalue weighted by molar-refractivity contribution is 8.02. The van der Waals surface area contributed by atoms with E-state index in [1.54, 1.807) is 34.4 Å². The molecule has 0 N–H and O–H groups in total. The summed E-state index contributed by atoms with van der Waals surface area (Å²) in [5.41, 5.74) is 1.08. The van der Waals surface area contributed by atoms with Crippen LogP contribution in [0.5, 0.6) is 0 Å². The first-order valence-electron chi connectivity index (χ1n) is 3.34. The summed E-state index contributed by atoms with van der Waals surface area (Å²) in [4.78, 5) is 8.50. The molecule has 0 unspecified atom stereocenters. The topological polar surface area (TPSA) is 25.8 Å². The first kappa shape index (κ1) is 8.22. The van der Waals surface area contributed by atoms with Gasteiger partial charge in [0.1, 0.15) is 0 Å². The Morgan fingerprint density at radius 2 is 2.25 bits per heavy atom. The van der Waals surface area contributed by atoms with E-state index in [2.05, 4.69) is 15.3 Å². The fourth-order valence-electron chi connectivity index (χ4n) is 0.715. The first-order chi connectivity index (χ1) is 5.84. The van der Waals surface area contributed by atoms with Crippen LogP contribution in [0.4, 0.5) is 0 Å². The van der Waals surface area contributed by atoms with E-state index < -0.39 is 0 Å². The minimum absolute atomic E-state index is 1.06. The van der Waals surface area contributed by atoms with E-state index in [9.17, 15) is 0 Å². The Kier molecular flexibility index (Phi) is 2.43. The SMILES string of the molecule is Cc1csc(Sc2nccs2)n1. The summed E-state index contributed by atoms with van der Waals surface area (Å²) in [5, 5.41) is 4.03. The van der Waals surface area contributed by atoms with Crippen molar-refractivity contribution < 1.29 is 0 Å². The molecule has 2 rings (SSSR count). The van der Waals surface area contributed by atoms with Gasteiger partial charge < -0.3 is 0 Å². The molecule has 0 aliphatic heterocycles. The molecule has 0 fully saturated rings. The second-order valence-corrected chi connectivity index (χ2v) is 5.40. The molecule has 0 atom stereocenters. The molecule has 0 aliphatic rings. The van der Waals surface area contributed by atoms with E-state index in [0.717, 1.165) is 14.4 Å². The Hall–Kier alpha value is -0.390. The van der Waals surface area contributed by atoms with E-state index in [1.165, 1.54) is 0 Å². The van der Waals surface area contributed by atoms with Crippen LogP contribution in [0.25, 0.3) is 0 Å². The van der Waals surface area contributed by atoms with Gasteiger partial charge in [-0.2, -0.15) is 0 Å². The van der Waals surface area contributed by atoms with Crippen LogP contribution in [0.15, 0.2) is 25.6 Å². The fraction of sp³-hybridized carbons (Fsp3) is 0.143. The maximum Gasteiger partial charge on any atom is 0.157 e. The van der Waals surface area contributed by atoms with Crippen LogP contribution in [-0.4, -0.2) is 9.97 Å². The fourth-order valence-corrected chi connectivity index (χ4v) is 3.38. The molecule has 2 nitrogen and oxygen atoms in total. The van der Waals surface area contributed by atoms with Crippen LogP contribution < -0.4 is 0 Å². The number of aromatic nitrogens is 2. The summed E-state index contributed by atoms with van der Waals surface area (Å²) >= 11 is 4.94. The van der Waals surface area contributed by atoms with Crippen LogP contribution in [0.2, 0.25) is 0 Å². The first-order valence-corrected chi connectivity index (χ1v) is 5.91. The van der Waals surface area contributed by atoms with Crippen molar-refractivity contribution in [1.29, 1.82) is 0 Å². The number of thiazole rings is 2. The smallest absolute Gasteiger partial charge is 0.157 e. The van der Waals surface area contributed by atoms with Crippen molar-refractivity contribution in [3.05, 3.63) is 22.7 Å². The summed E-state index contributed by atoms with van der Waals surface area (Å²) < 4.78 is 2.13. The van der Waals surface area contributed by atoms with Crippen molar-refractivity contribution in [3.63, 3.8) is 0 Å². The summed E-state index contributed by atoms with van der Waals surface area (Å²) in [7, 11) is 0. The van der Waals surface area contributed by atoms with Crippen molar-refractivity contribution in [2.45, 2.75) is 15.6 Å². The van der Waals surface area contributed by atoms with Crippen LogP contribution >= 0.6 is 34.4 Å². The van der Waals surface area contributed by atoms with Gasteiger partial charge in [-0.05, 0) is 18.7 Å². The maximum atomic E-state index is 4.33. The van der Waals surface area contributed by atoms with Gasteiger partial charge in [-0.25, -0.2) is 9.97 Å². The molecule has 2 aromatic heterocycles. The Morgan fingerprint density at radius 3 is 2.83 bits per heavy atom. The predicted molar refractivity (Wildman–Crippen MR) is 53.1 cm³/mol. The number of hydrogen-bond donors (Lipinski definition) is 0. The Balaban J connectivity index is 2.14. The second kappa shape index (κ2) is 3.55. The lowest BCUT2D eigenvalue weighted by Crippen LogP contribution is -1.70. The number of rotatable bonds is 2. The second-order valence-electron chi connectivity index (χ2n) is 2.15. The van der Waals surface area contributed by atoms with Gasteiger partial charge in [-0.15, -0.1) is 22.7 Å².